The highest BCUT2D eigenvalue weighted by Gasteiger charge is 2.11. The van der Waals surface area contributed by atoms with Crippen LogP contribution in [-0.2, 0) is 26.7 Å². The van der Waals surface area contributed by atoms with Gasteiger partial charge in [0.2, 0.25) is 10.0 Å². The highest BCUT2D eigenvalue weighted by molar-refractivity contribution is 7.89. The molecule has 0 aliphatic heterocycles. The molecule has 0 radical (unpaired) electrons. The van der Waals surface area contributed by atoms with Crippen molar-refractivity contribution in [2.24, 2.45) is 5.14 Å². The zero-order chi connectivity index (χ0) is 15.4. The Kier molecular flexibility index (Phi) is 5.66. The third kappa shape index (κ3) is 5.17. The summed E-state index contributed by atoms with van der Waals surface area (Å²) in [5, 5.41) is 5.00. The molecule has 0 spiro atoms. The van der Waals surface area contributed by atoms with Crippen molar-refractivity contribution in [2.75, 3.05) is 20.6 Å². The molecular weight excluding hydrogens is 302 g/mol. The summed E-state index contributed by atoms with van der Waals surface area (Å²) in [6.45, 7) is 0.317. The van der Waals surface area contributed by atoms with Crippen LogP contribution < -0.4 is 9.86 Å². The molecule has 0 aromatic heterocycles. The summed E-state index contributed by atoms with van der Waals surface area (Å²) in [6, 6.07) is 6.21. The van der Waals surface area contributed by atoms with Crippen LogP contribution in [0, 0.1) is 0 Å². The Bertz CT molecular complexity index is 637. The predicted octanol–water partition coefficient (Wildman–Crippen LogP) is -0.337. The molecule has 0 fully saturated rings. The predicted molar refractivity (Wildman–Crippen MR) is 76.7 cm³/mol. The molecule has 1 aromatic rings. The number of nitrogens with one attached hydrogen (secondary N) is 1. The van der Waals surface area contributed by atoms with E-state index in [9.17, 15) is 16.8 Å². The van der Waals surface area contributed by atoms with Crippen LogP contribution in [0.15, 0.2) is 29.2 Å². The van der Waals surface area contributed by atoms with Gasteiger partial charge in [-0.05, 0) is 30.5 Å². The molecule has 0 aliphatic rings. The van der Waals surface area contributed by atoms with Crippen LogP contribution in [0.1, 0.15) is 12.0 Å². The third-order valence-corrected chi connectivity index (χ3v) is 5.12. The van der Waals surface area contributed by atoms with Gasteiger partial charge in [0, 0.05) is 20.6 Å². The number of sulfonamides is 1. The van der Waals surface area contributed by atoms with E-state index < -0.39 is 20.2 Å². The summed E-state index contributed by atoms with van der Waals surface area (Å²) in [7, 11) is -4.16. The number of nitrogens with zero attached hydrogens (tertiary/aromatic N) is 1. The van der Waals surface area contributed by atoms with Gasteiger partial charge >= 0.3 is 0 Å². The zero-order valence-electron chi connectivity index (χ0n) is 11.4. The quantitative estimate of drug-likeness (QED) is 0.670. The fourth-order valence-corrected chi connectivity index (χ4v) is 2.64. The monoisotopic (exact) mass is 321 g/mol. The second-order valence-electron chi connectivity index (χ2n) is 4.47. The molecule has 3 N–H and O–H groups in total. The smallest absolute Gasteiger partial charge is 0.225 e. The molecule has 0 heterocycles. The number of hydrogen-bond donors (Lipinski definition) is 2. The molecule has 1 rings (SSSR count). The maximum atomic E-state index is 11.4. The van der Waals surface area contributed by atoms with Gasteiger partial charge in [0.1, 0.15) is 0 Å². The normalized spacial score (nSPS) is 12.8. The van der Waals surface area contributed by atoms with Crippen molar-refractivity contribution in [3.05, 3.63) is 29.8 Å². The largest absolute Gasteiger partial charge is 0.278 e. The average molecular weight is 321 g/mol. The molecule has 7 nitrogen and oxygen atoms in total. The summed E-state index contributed by atoms with van der Waals surface area (Å²) in [4.78, 5) is 0.0644. The Hall–Kier alpha value is -1.00. The SMILES string of the molecule is CN(C)S(=O)(=O)NCCCc1ccc(S(N)(=O)=O)cc1. The molecule has 9 heteroatoms. The summed E-state index contributed by atoms with van der Waals surface area (Å²) >= 11 is 0. The maximum absolute atomic E-state index is 11.4. The summed E-state index contributed by atoms with van der Waals surface area (Å²) in [5.74, 6) is 0. The molecule has 0 unspecified atom stereocenters. The fourth-order valence-electron chi connectivity index (χ4n) is 1.47. The molecule has 0 amide bonds. The zero-order valence-corrected chi connectivity index (χ0v) is 13.0. The van der Waals surface area contributed by atoms with E-state index >= 15 is 0 Å². The second-order valence-corrected chi connectivity index (χ2v) is 8.00. The van der Waals surface area contributed by atoms with Crippen LogP contribution in [-0.4, -0.2) is 41.8 Å². The first-order valence-electron chi connectivity index (χ1n) is 5.92. The van der Waals surface area contributed by atoms with Crippen molar-refractivity contribution in [3.8, 4) is 0 Å². The van der Waals surface area contributed by atoms with E-state index in [0.717, 1.165) is 9.87 Å². The minimum atomic E-state index is -3.67. The van der Waals surface area contributed by atoms with E-state index in [2.05, 4.69) is 4.72 Å². The minimum Gasteiger partial charge on any atom is -0.225 e. The number of benzene rings is 1. The van der Waals surface area contributed by atoms with Gasteiger partial charge in [0.05, 0.1) is 4.90 Å². The van der Waals surface area contributed by atoms with E-state index in [-0.39, 0.29) is 4.90 Å². The van der Waals surface area contributed by atoms with Gasteiger partial charge in [0.15, 0.2) is 0 Å². The van der Waals surface area contributed by atoms with Gasteiger partial charge in [-0.3, -0.25) is 0 Å². The van der Waals surface area contributed by atoms with Gasteiger partial charge in [0.25, 0.3) is 10.2 Å². The second kappa shape index (κ2) is 6.64. The van der Waals surface area contributed by atoms with Crippen molar-refractivity contribution in [2.45, 2.75) is 17.7 Å². The lowest BCUT2D eigenvalue weighted by molar-refractivity contribution is 0.504. The molecule has 0 bridgehead atoms. The number of primary sulfonamides is 1. The summed E-state index contributed by atoms with van der Waals surface area (Å²) in [5.41, 5.74) is 0.918. The lowest BCUT2D eigenvalue weighted by Gasteiger charge is -2.12. The van der Waals surface area contributed by atoms with E-state index in [4.69, 9.17) is 5.14 Å². The van der Waals surface area contributed by atoms with Crippen molar-refractivity contribution in [1.29, 1.82) is 0 Å². The Morgan fingerprint density at radius 3 is 2.10 bits per heavy atom. The van der Waals surface area contributed by atoms with Gasteiger partial charge in [-0.1, -0.05) is 12.1 Å². The Balaban J connectivity index is 2.48. The van der Waals surface area contributed by atoms with Crippen molar-refractivity contribution in [3.63, 3.8) is 0 Å². The van der Waals surface area contributed by atoms with Crippen LogP contribution in [0.25, 0.3) is 0 Å². The van der Waals surface area contributed by atoms with E-state index in [0.29, 0.717) is 19.4 Å². The number of aryl methyl sites for hydroxylation is 1. The van der Waals surface area contributed by atoms with Crippen LogP contribution in [0.2, 0.25) is 0 Å². The first-order chi connectivity index (χ1) is 9.13. The Labute approximate surface area is 120 Å². The van der Waals surface area contributed by atoms with Gasteiger partial charge in [-0.25, -0.2) is 18.3 Å². The lowest BCUT2D eigenvalue weighted by Crippen LogP contribution is -2.36. The van der Waals surface area contributed by atoms with Gasteiger partial charge in [-0.15, -0.1) is 0 Å². The molecule has 1 aromatic carbocycles. The van der Waals surface area contributed by atoms with Crippen LogP contribution >= 0.6 is 0 Å². The van der Waals surface area contributed by atoms with Gasteiger partial charge < -0.3 is 0 Å². The number of rotatable bonds is 7. The van der Waals surface area contributed by atoms with Crippen molar-refractivity contribution >= 4 is 20.2 Å². The first-order valence-corrected chi connectivity index (χ1v) is 8.90. The van der Waals surface area contributed by atoms with Crippen molar-refractivity contribution in [1.82, 2.24) is 9.03 Å². The Morgan fingerprint density at radius 2 is 1.65 bits per heavy atom. The van der Waals surface area contributed by atoms with E-state index in [1.807, 2.05) is 0 Å². The van der Waals surface area contributed by atoms with Crippen LogP contribution in [0.5, 0.6) is 0 Å². The number of hydrogen-bond acceptors (Lipinski definition) is 4. The minimum absolute atomic E-state index is 0.0644. The molecule has 0 saturated heterocycles. The van der Waals surface area contributed by atoms with Gasteiger partial charge in [-0.2, -0.15) is 12.7 Å². The van der Waals surface area contributed by atoms with Crippen molar-refractivity contribution < 1.29 is 16.8 Å². The van der Waals surface area contributed by atoms with E-state index in [1.54, 1.807) is 12.1 Å². The lowest BCUT2D eigenvalue weighted by atomic mass is 10.1. The summed E-state index contributed by atoms with van der Waals surface area (Å²) < 4.78 is 48.6. The maximum Gasteiger partial charge on any atom is 0.278 e. The summed E-state index contributed by atoms with van der Waals surface area (Å²) in [6.07, 6.45) is 1.25. The fraction of sp³-hybridized carbons (Fsp3) is 0.455. The molecule has 114 valence electrons. The standard InChI is InChI=1S/C11H19N3O4S2/c1-14(2)20(17,18)13-9-3-4-10-5-7-11(8-6-10)19(12,15)16/h5-8,13H,3-4,9H2,1-2H3,(H2,12,15,16). The topological polar surface area (TPSA) is 110 Å². The molecule has 0 aliphatic carbocycles. The Morgan fingerprint density at radius 1 is 1.10 bits per heavy atom. The van der Waals surface area contributed by atoms with E-state index in [1.165, 1.54) is 26.2 Å². The third-order valence-electron chi connectivity index (χ3n) is 2.66. The molecule has 0 saturated carbocycles. The van der Waals surface area contributed by atoms with Crippen LogP contribution in [0.4, 0.5) is 0 Å². The highest BCUT2D eigenvalue weighted by Crippen LogP contribution is 2.10. The molecular formula is C11H19N3O4S2. The number of nitrogens with two attached hydrogens (primary N) is 1. The van der Waals surface area contributed by atoms with Crippen LogP contribution in [0.3, 0.4) is 0 Å². The highest BCUT2D eigenvalue weighted by atomic mass is 32.2. The average Bonchev–Trinajstić information content (AvgIpc) is 2.34. The molecule has 20 heavy (non-hydrogen) atoms. The first kappa shape index (κ1) is 17.1. The molecule has 0 atom stereocenters.